The van der Waals surface area contributed by atoms with Crippen LogP contribution in [-0.2, 0) is 6.61 Å². The number of nitrogens with zero attached hydrogens (tertiary/aromatic N) is 2. The van der Waals surface area contributed by atoms with Crippen molar-refractivity contribution in [3.05, 3.63) is 77.4 Å². The van der Waals surface area contributed by atoms with Gasteiger partial charge in [0.2, 0.25) is 0 Å². The Labute approximate surface area is 129 Å². The molecule has 112 valence electrons. The number of para-hydroxylation sites is 1. The molecule has 3 aromatic rings. The Morgan fingerprint density at radius 2 is 1.82 bits per heavy atom. The molecule has 0 bridgehead atoms. The number of aromatic amines is 1. The van der Waals surface area contributed by atoms with E-state index in [-0.39, 0.29) is 6.04 Å². The molecule has 1 aromatic heterocycles. The van der Waals surface area contributed by atoms with Crippen molar-refractivity contribution < 1.29 is 4.74 Å². The number of aryl methyl sites for hydroxylation is 1. The van der Waals surface area contributed by atoms with E-state index in [4.69, 9.17) is 10.5 Å². The minimum absolute atomic E-state index is 0.331. The number of rotatable bonds is 5. The summed E-state index contributed by atoms with van der Waals surface area (Å²) in [5, 5.41) is 7.06. The minimum Gasteiger partial charge on any atom is -0.486 e. The maximum atomic E-state index is 6.20. The Balaban J connectivity index is 1.66. The van der Waals surface area contributed by atoms with Gasteiger partial charge in [-0.15, -0.1) is 0 Å². The predicted molar refractivity (Wildman–Crippen MR) is 84.4 cm³/mol. The summed E-state index contributed by atoms with van der Waals surface area (Å²) in [6.07, 6.45) is 0. The minimum atomic E-state index is -0.345. The Kier molecular flexibility index (Phi) is 4.16. The van der Waals surface area contributed by atoms with Crippen LogP contribution < -0.4 is 10.5 Å². The maximum absolute atomic E-state index is 6.20. The van der Waals surface area contributed by atoms with Gasteiger partial charge in [-0.25, -0.2) is 4.98 Å². The van der Waals surface area contributed by atoms with Crippen LogP contribution in [0.3, 0.4) is 0 Å². The topological polar surface area (TPSA) is 76.8 Å². The average molecular weight is 294 g/mol. The van der Waals surface area contributed by atoms with E-state index in [2.05, 4.69) is 15.2 Å². The highest BCUT2D eigenvalue weighted by atomic mass is 16.5. The predicted octanol–water partition coefficient (Wildman–Crippen LogP) is 2.74. The van der Waals surface area contributed by atoms with E-state index in [9.17, 15) is 0 Å². The molecule has 0 unspecified atom stereocenters. The zero-order valence-corrected chi connectivity index (χ0v) is 12.4. The van der Waals surface area contributed by atoms with Crippen LogP contribution in [0.15, 0.2) is 54.6 Å². The number of nitrogens with one attached hydrogen (secondary N) is 1. The molecule has 0 amide bonds. The van der Waals surface area contributed by atoms with Crippen molar-refractivity contribution in [2.24, 2.45) is 5.73 Å². The summed E-state index contributed by atoms with van der Waals surface area (Å²) in [7, 11) is 0. The molecule has 5 heteroatoms. The summed E-state index contributed by atoms with van der Waals surface area (Å²) in [5.41, 5.74) is 8.38. The molecule has 0 aliphatic heterocycles. The summed E-state index contributed by atoms with van der Waals surface area (Å²) in [4.78, 5) is 4.41. The lowest BCUT2D eigenvalue weighted by Crippen LogP contribution is -2.13. The third kappa shape index (κ3) is 3.32. The Hall–Kier alpha value is -2.66. The van der Waals surface area contributed by atoms with Gasteiger partial charge in [-0.2, -0.15) is 5.10 Å². The van der Waals surface area contributed by atoms with Crippen molar-refractivity contribution in [1.82, 2.24) is 15.2 Å². The fourth-order valence-electron chi connectivity index (χ4n) is 2.10. The van der Waals surface area contributed by atoms with Crippen molar-refractivity contribution in [2.75, 3.05) is 0 Å². The molecule has 3 N–H and O–H groups in total. The molecule has 0 saturated carbocycles. The van der Waals surface area contributed by atoms with Gasteiger partial charge in [-0.05, 0) is 24.6 Å². The van der Waals surface area contributed by atoms with Crippen molar-refractivity contribution in [3.63, 3.8) is 0 Å². The first kappa shape index (κ1) is 14.3. The van der Waals surface area contributed by atoms with Gasteiger partial charge in [0.1, 0.15) is 12.4 Å². The second kappa shape index (κ2) is 6.41. The van der Waals surface area contributed by atoms with Crippen molar-refractivity contribution in [2.45, 2.75) is 19.6 Å². The lowest BCUT2D eigenvalue weighted by Gasteiger charge is -2.08. The molecule has 2 aromatic carbocycles. The van der Waals surface area contributed by atoms with Gasteiger partial charge in [0, 0.05) is 0 Å². The molecule has 0 spiro atoms. The van der Waals surface area contributed by atoms with E-state index >= 15 is 0 Å². The number of ether oxygens (including phenoxy) is 1. The van der Waals surface area contributed by atoms with E-state index in [1.54, 1.807) is 0 Å². The van der Waals surface area contributed by atoms with Gasteiger partial charge in [0.25, 0.3) is 0 Å². The summed E-state index contributed by atoms with van der Waals surface area (Å²) in [6, 6.07) is 17.3. The van der Waals surface area contributed by atoms with Crippen LogP contribution in [0.25, 0.3) is 0 Å². The van der Waals surface area contributed by atoms with E-state index in [1.807, 2.05) is 61.5 Å². The van der Waals surface area contributed by atoms with Gasteiger partial charge in [-0.3, -0.25) is 5.10 Å². The fraction of sp³-hybridized carbons (Fsp3) is 0.176. The lowest BCUT2D eigenvalue weighted by atomic mass is 10.1. The molecular formula is C17H18N4O. The quantitative estimate of drug-likeness (QED) is 0.758. The summed E-state index contributed by atoms with van der Waals surface area (Å²) in [6.45, 7) is 2.37. The standard InChI is InChI=1S/C17H18N4O/c1-12-7-9-13(10-8-12)16(18)17-19-15(20-21-17)11-22-14-5-3-2-4-6-14/h2-10,16H,11,18H2,1H3,(H,19,20,21)/t16-/m0/s1. The third-order valence-corrected chi connectivity index (χ3v) is 3.38. The van der Waals surface area contributed by atoms with Crippen LogP contribution in [-0.4, -0.2) is 15.2 Å². The van der Waals surface area contributed by atoms with Gasteiger partial charge in [0.05, 0.1) is 6.04 Å². The Bertz CT molecular complexity index is 722. The lowest BCUT2D eigenvalue weighted by molar-refractivity contribution is 0.296. The number of hydrogen-bond donors (Lipinski definition) is 2. The second-order valence-corrected chi connectivity index (χ2v) is 5.13. The molecule has 0 saturated heterocycles. The Morgan fingerprint density at radius 1 is 1.09 bits per heavy atom. The molecule has 0 aliphatic carbocycles. The largest absolute Gasteiger partial charge is 0.486 e. The SMILES string of the molecule is Cc1ccc([C@H](N)c2n[nH]c(COc3ccccc3)n2)cc1. The highest BCUT2D eigenvalue weighted by Crippen LogP contribution is 2.17. The van der Waals surface area contributed by atoms with Gasteiger partial charge >= 0.3 is 0 Å². The van der Waals surface area contributed by atoms with Gasteiger partial charge < -0.3 is 10.5 Å². The first-order valence-electron chi connectivity index (χ1n) is 7.13. The number of H-pyrrole nitrogens is 1. The smallest absolute Gasteiger partial charge is 0.172 e. The van der Waals surface area contributed by atoms with Crippen LogP contribution in [0.1, 0.15) is 28.8 Å². The Morgan fingerprint density at radius 3 is 2.55 bits per heavy atom. The van der Waals surface area contributed by atoms with Crippen LogP contribution in [0.4, 0.5) is 0 Å². The van der Waals surface area contributed by atoms with Crippen LogP contribution in [0.5, 0.6) is 5.75 Å². The molecule has 5 nitrogen and oxygen atoms in total. The first-order valence-corrected chi connectivity index (χ1v) is 7.13. The van der Waals surface area contributed by atoms with Crippen LogP contribution >= 0.6 is 0 Å². The monoisotopic (exact) mass is 294 g/mol. The zero-order chi connectivity index (χ0) is 15.4. The molecule has 0 radical (unpaired) electrons. The van der Waals surface area contributed by atoms with E-state index in [0.717, 1.165) is 11.3 Å². The third-order valence-electron chi connectivity index (χ3n) is 3.38. The summed E-state index contributed by atoms with van der Waals surface area (Å²) < 4.78 is 5.63. The van der Waals surface area contributed by atoms with E-state index in [0.29, 0.717) is 18.3 Å². The first-order chi connectivity index (χ1) is 10.7. The van der Waals surface area contributed by atoms with E-state index in [1.165, 1.54) is 5.56 Å². The fourth-order valence-corrected chi connectivity index (χ4v) is 2.10. The van der Waals surface area contributed by atoms with E-state index < -0.39 is 0 Å². The number of hydrogen-bond acceptors (Lipinski definition) is 4. The van der Waals surface area contributed by atoms with Crippen LogP contribution in [0, 0.1) is 6.92 Å². The molecule has 1 heterocycles. The average Bonchev–Trinajstić information content (AvgIpc) is 3.03. The summed E-state index contributed by atoms with van der Waals surface area (Å²) in [5.74, 6) is 2.01. The molecule has 22 heavy (non-hydrogen) atoms. The number of aromatic nitrogens is 3. The van der Waals surface area contributed by atoms with Crippen molar-refractivity contribution >= 4 is 0 Å². The molecule has 3 rings (SSSR count). The highest BCUT2D eigenvalue weighted by Gasteiger charge is 2.14. The van der Waals surface area contributed by atoms with Crippen LogP contribution in [0.2, 0.25) is 0 Å². The molecule has 0 aliphatic rings. The number of nitrogens with two attached hydrogens (primary N) is 1. The molecule has 1 atom stereocenters. The highest BCUT2D eigenvalue weighted by molar-refractivity contribution is 5.27. The maximum Gasteiger partial charge on any atom is 0.172 e. The normalized spacial score (nSPS) is 12.1. The van der Waals surface area contributed by atoms with Gasteiger partial charge in [-0.1, -0.05) is 48.0 Å². The van der Waals surface area contributed by atoms with Gasteiger partial charge in [0.15, 0.2) is 11.6 Å². The molecule has 0 fully saturated rings. The number of benzene rings is 2. The van der Waals surface area contributed by atoms with Crippen molar-refractivity contribution in [3.8, 4) is 5.75 Å². The zero-order valence-electron chi connectivity index (χ0n) is 12.4. The molecular weight excluding hydrogens is 276 g/mol. The second-order valence-electron chi connectivity index (χ2n) is 5.13. The summed E-state index contributed by atoms with van der Waals surface area (Å²) >= 11 is 0. The van der Waals surface area contributed by atoms with Crippen molar-refractivity contribution in [1.29, 1.82) is 0 Å².